The SMILES string of the molecule is COC(=O)C(C)(C)[C@@H](NC(=O)C1CCC(NS(=O)(=O)c2ccc3cc(-c4ccccc4)n(C)c3c2)CC1)c1ccccc1. The zero-order valence-corrected chi connectivity index (χ0v) is 25.9. The Hall–Kier alpha value is -3.95. The number of aromatic nitrogens is 1. The molecule has 0 bridgehead atoms. The lowest BCUT2D eigenvalue weighted by Gasteiger charge is -2.35. The van der Waals surface area contributed by atoms with Gasteiger partial charge in [0.15, 0.2) is 0 Å². The molecule has 1 aliphatic carbocycles. The molecule has 1 saturated carbocycles. The predicted octanol–water partition coefficient (Wildman–Crippen LogP) is 5.74. The Balaban J connectivity index is 1.25. The minimum absolute atomic E-state index is 0.143. The molecule has 226 valence electrons. The molecule has 1 aromatic heterocycles. The van der Waals surface area contributed by atoms with Crippen LogP contribution in [0.3, 0.4) is 0 Å². The van der Waals surface area contributed by atoms with Crippen LogP contribution in [0.2, 0.25) is 0 Å². The second-order valence-electron chi connectivity index (χ2n) is 11.9. The molecule has 1 heterocycles. The molecule has 1 fully saturated rings. The molecule has 1 amide bonds. The zero-order valence-electron chi connectivity index (χ0n) is 25.0. The molecule has 8 nitrogen and oxygen atoms in total. The van der Waals surface area contributed by atoms with Gasteiger partial charge in [0.2, 0.25) is 15.9 Å². The molecule has 1 aliphatic rings. The Morgan fingerprint density at radius 2 is 1.53 bits per heavy atom. The molecule has 9 heteroatoms. The van der Waals surface area contributed by atoms with Gasteiger partial charge in [0, 0.05) is 35.6 Å². The molecular formula is C34H39N3O5S. The molecule has 5 rings (SSSR count). The Labute approximate surface area is 253 Å². The van der Waals surface area contributed by atoms with Crippen LogP contribution in [-0.4, -0.2) is 38.0 Å². The number of esters is 1. The van der Waals surface area contributed by atoms with E-state index >= 15 is 0 Å². The van der Waals surface area contributed by atoms with Crippen molar-refractivity contribution < 1.29 is 22.7 Å². The van der Waals surface area contributed by atoms with Crippen molar-refractivity contribution in [3.8, 4) is 11.3 Å². The number of carbonyl (C=O) groups excluding carboxylic acids is 2. The lowest BCUT2D eigenvalue weighted by Crippen LogP contribution is -2.46. The van der Waals surface area contributed by atoms with E-state index in [-0.39, 0.29) is 22.8 Å². The van der Waals surface area contributed by atoms with Crippen LogP contribution in [0.1, 0.15) is 51.1 Å². The van der Waals surface area contributed by atoms with Gasteiger partial charge in [-0.05, 0) is 68.9 Å². The molecule has 0 spiro atoms. The monoisotopic (exact) mass is 601 g/mol. The number of ether oxygens (including phenoxy) is 1. The summed E-state index contributed by atoms with van der Waals surface area (Å²) in [5.41, 5.74) is 2.75. The Kier molecular flexibility index (Phi) is 8.76. The molecule has 43 heavy (non-hydrogen) atoms. The number of hydrogen-bond donors (Lipinski definition) is 2. The van der Waals surface area contributed by atoms with Gasteiger partial charge < -0.3 is 14.6 Å². The van der Waals surface area contributed by atoms with E-state index < -0.39 is 27.4 Å². The normalized spacial score (nSPS) is 18.2. The van der Waals surface area contributed by atoms with E-state index in [1.54, 1.807) is 26.0 Å². The van der Waals surface area contributed by atoms with Gasteiger partial charge in [0.25, 0.3) is 0 Å². The second-order valence-corrected chi connectivity index (χ2v) is 13.6. The summed E-state index contributed by atoms with van der Waals surface area (Å²) in [5, 5.41) is 4.07. The smallest absolute Gasteiger partial charge is 0.313 e. The largest absolute Gasteiger partial charge is 0.469 e. The summed E-state index contributed by atoms with van der Waals surface area (Å²) < 4.78 is 36.7. The molecule has 0 saturated heterocycles. The average molecular weight is 602 g/mol. The van der Waals surface area contributed by atoms with E-state index in [2.05, 4.69) is 16.1 Å². The van der Waals surface area contributed by atoms with Crippen molar-refractivity contribution in [2.75, 3.05) is 7.11 Å². The summed E-state index contributed by atoms with van der Waals surface area (Å²) >= 11 is 0. The van der Waals surface area contributed by atoms with Crippen LogP contribution in [0.15, 0.2) is 89.8 Å². The fourth-order valence-corrected chi connectivity index (χ4v) is 7.42. The lowest BCUT2D eigenvalue weighted by molar-refractivity contribution is -0.153. The number of aryl methyl sites for hydroxylation is 1. The number of fused-ring (bicyclic) bond motifs is 1. The van der Waals surface area contributed by atoms with Gasteiger partial charge in [-0.25, -0.2) is 13.1 Å². The maximum absolute atomic E-state index is 13.4. The highest BCUT2D eigenvalue weighted by Crippen LogP contribution is 2.36. The van der Waals surface area contributed by atoms with E-state index in [0.29, 0.717) is 25.7 Å². The Morgan fingerprint density at radius 3 is 2.16 bits per heavy atom. The predicted molar refractivity (Wildman–Crippen MR) is 168 cm³/mol. The van der Waals surface area contributed by atoms with Crippen molar-refractivity contribution in [1.29, 1.82) is 0 Å². The van der Waals surface area contributed by atoms with Crippen LogP contribution in [0, 0.1) is 11.3 Å². The third-order valence-electron chi connectivity index (χ3n) is 8.67. The highest BCUT2D eigenvalue weighted by Gasteiger charge is 2.41. The third kappa shape index (κ3) is 6.38. The third-order valence-corrected chi connectivity index (χ3v) is 10.2. The van der Waals surface area contributed by atoms with Crippen molar-refractivity contribution >= 4 is 32.8 Å². The quantitative estimate of drug-likeness (QED) is 0.238. The van der Waals surface area contributed by atoms with Crippen LogP contribution in [0.5, 0.6) is 0 Å². The number of amides is 1. The average Bonchev–Trinajstić information content (AvgIpc) is 3.35. The van der Waals surface area contributed by atoms with Crippen LogP contribution < -0.4 is 10.0 Å². The molecular weight excluding hydrogens is 562 g/mol. The van der Waals surface area contributed by atoms with Gasteiger partial charge in [-0.1, -0.05) is 66.7 Å². The number of methoxy groups -OCH3 is 1. The molecule has 3 aromatic carbocycles. The lowest BCUT2D eigenvalue weighted by atomic mass is 9.79. The number of nitrogens with one attached hydrogen (secondary N) is 2. The first-order chi connectivity index (χ1) is 20.5. The van der Waals surface area contributed by atoms with Gasteiger partial charge in [-0.2, -0.15) is 0 Å². The Morgan fingerprint density at radius 1 is 0.907 bits per heavy atom. The van der Waals surface area contributed by atoms with Crippen molar-refractivity contribution in [3.63, 3.8) is 0 Å². The number of rotatable bonds is 9. The van der Waals surface area contributed by atoms with Gasteiger partial charge in [-0.15, -0.1) is 0 Å². The molecule has 0 radical (unpaired) electrons. The van der Waals surface area contributed by atoms with Gasteiger partial charge in [0.05, 0.1) is 23.5 Å². The minimum atomic E-state index is -3.76. The van der Waals surface area contributed by atoms with Crippen molar-refractivity contribution in [1.82, 2.24) is 14.6 Å². The standard InChI is InChI=1S/C34H39N3O5S/c1-34(2,33(39)42-4)31(24-13-9-6-10-14-24)35-32(38)25-15-18-27(19-16-25)36-43(40,41)28-20-17-26-21-29(37(3)30(26)22-28)23-11-7-5-8-12-23/h5-14,17,20-22,25,27,31,36H,15-16,18-19H2,1-4H3,(H,35,38)/t25?,27?,31-/m0/s1. The molecule has 1 atom stereocenters. The highest BCUT2D eigenvalue weighted by molar-refractivity contribution is 7.89. The summed E-state index contributed by atoms with van der Waals surface area (Å²) in [6.45, 7) is 3.52. The van der Waals surface area contributed by atoms with E-state index in [9.17, 15) is 18.0 Å². The topological polar surface area (TPSA) is 106 Å². The number of sulfonamides is 1. The summed E-state index contributed by atoms with van der Waals surface area (Å²) in [4.78, 5) is 26.2. The van der Waals surface area contributed by atoms with E-state index in [1.165, 1.54) is 7.11 Å². The number of nitrogens with zero attached hydrogens (tertiary/aromatic N) is 1. The van der Waals surface area contributed by atoms with Crippen LogP contribution >= 0.6 is 0 Å². The fraction of sp³-hybridized carbons (Fsp3) is 0.353. The number of benzene rings is 3. The van der Waals surface area contributed by atoms with Crippen LogP contribution in [-0.2, 0) is 31.4 Å². The molecule has 0 unspecified atom stereocenters. The summed E-state index contributed by atoms with van der Waals surface area (Å²) in [6.07, 6.45) is 2.16. The van der Waals surface area contributed by atoms with Gasteiger partial charge in [-0.3, -0.25) is 9.59 Å². The van der Waals surface area contributed by atoms with Crippen LogP contribution in [0.25, 0.3) is 22.2 Å². The first-order valence-corrected chi connectivity index (χ1v) is 16.1. The fourth-order valence-electron chi connectivity index (χ4n) is 6.09. The van der Waals surface area contributed by atoms with Crippen molar-refractivity contribution in [2.45, 2.75) is 56.5 Å². The zero-order chi connectivity index (χ0) is 30.8. The van der Waals surface area contributed by atoms with Gasteiger partial charge >= 0.3 is 5.97 Å². The molecule has 2 N–H and O–H groups in total. The molecule has 4 aromatic rings. The summed E-state index contributed by atoms with van der Waals surface area (Å²) in [7, 11) is -0.480. The highest BCUT2D eigenvalue weighted by atomic mass is 32.2. The van der Waals surface area contributed by atoms with E-state index in [4.69, 9.17) is 4.74 Å². The first-order valence-electron chi connectivity index (χ1n) is 14.6. The van der Waals surface area contributed by atoms with Crippen molar-refractivity contribution in [2.24, 2.45) is 18.4 Å². The summed E-state index contributed by atoms with van der Waals surface area (Å²) in [6, 6.07) is 25.8. The number of carbonyl (C=O) groups is 2. The van der Waals surface area contributed by atoms with Crippen molar-refractivity contribution in [3.05, 3.63) is 90.5 Å². The molecule has 0 aliphatic heterocycles. The Bertz CT molecular complexity index is 1710. The summed E-state index contributed by atoms with van der Waals surface area (Å²) in [5.74, 6) is -0.836. The van der Waals surface area contributed by atoms with Gasteiger partial charge in [0.1, 0.15) is 0 Å². The van der Waals surface area contributed by atoms with Crippen LogP contribution in [0.4, 0.5) is 0 Å². The van der Waals surface area contributed by atoms with E-state index in [0.717, 1.165) is 27.7 Å². The minimum Gasteiger partial charge on any atom is -0.469 e. The first kappa shape index (κ1) is 30.5. The van der Waals surface area contributed by atoms with E-state index in [1.807, 2.05) is 78.3 Å². The number of hydrogen-bond acceptors (Lipinski definition) is 5. The maximum Gasteiger partial charge on any atom is 0.313 e. The second kappa shape index (κ2) is 12.3. The maximum atomic E-state index is 13.4.